The van der Waals surface area contributed by atoms with E-state index < -0.39 is 17.8 Å². The second-order valence-electron chi connectivity index (χ2n) is 4.50. The van der Waals surface area contributed by atoms with Crippen molar-refractivity contribution in [2.45, 2.75) is 39.0 Å². The molecule has 1 nitrogen and oxygen atoms in total. The summed E-state index contributed by atoms with van der Waals surface area (Å²) in [5, 5.41) is 10.00. The second-order valence-corrected chi connectivity index (χ2v) is 5.35. The van der Waals surface area contributed by atoms with E-state index in [9.17, 15) is 18.3 Å². The number of rotatable bonds is 4. The molecule has 1 aromatic carbocycles. The van der Waals surface area contributed by atoms with Crippen LogP contribution in [-0.4, -0.2) is 5.11 Å². The molecule has 0 bridgehead atoms. The Morgan fingerprint density at radius 2 is 1.94 bits per heavy atom. The first-order valence-electron chi connectivity index (χ1n) is 5.80. The molecule has 1 rings (SSSR count). The van der Waals surface area contributed by atoms with Gasteiger partial charge < -0.3 is 5.11 Å². The molecule has 5 heteroatoms. The fourth-order valence-corrected chi connectivity index (χ4v) is 2.16. The molecule has 0 aliphatic rings. The van der Waals surface area contributed by atoms with Crippen LogP contribution in [0.15, 0.2) is 22.7 Å². The molecule has 18 heavy (non-hydrogen) atoms. The summed E-state index contributed by atoms with van der Waals surface area (Å²) in [6, 6.07) is 3.35. The number of aliphatic hydroxyl groups is 1. The van der Waals surface area contributed by atoms with E-state index in [4.69, 9.17) is 0 Å². The number of halogens is 4. The van der Waals surface area contributed by atoms with Gasteiger partial charge in [0.2, 0.25) is 0 Å². The summed E-state index contributed by atoms with van der Waals surface area (Å²) in [6.45, 7) is 3.95. The Bertz CT molecular complexity index is 404. The van der Waals surface area contributed by atoms with Crippen molar-refractivity contribution >= 4 is 15.9 Å². The maximum atomic E-state index is 12.6. The van der Waals surface area contributed by atoms with Crippen molar-refractivity contribution in [3.8, 4) is 0 Å². The minimum atomic E-state index is -4.38. The zero-order valence-corrected chi connectivity index (χ0v) is 11.8. The Balaban J connectivity index is 3.00. The first-order valence-corrected chi connectivity index (χ1v) is 6.59. The highest BCUT2D eigenvalue weighted by Crippen LogP contribution is 2.35. The van der Waals surface area contributed by atoms with Gasteiger partial charge in [-0.15, -0.1) is 0 Å². The highest BCUT2D eigenvalue weighted by molar-refractivity contribution is 9.10. The fourth-order valence-electron chi connectivity index (χ4n) is 1.65. The maximum absolute atomic E-state index is 12.6. The minimum Gasteiger partial charge on any atom is -0.388 e. The summed E-state index contributed by atoms with van der Waals surface area (Å²) >= 11 is 3.18. The molecule has 2 atom stereocenters. The predicted octanol–water partition coefficient (Wildman–Crippen LogP) is 4.94. The zero-order chi connectivity index (χ0) is 13.9. The van der Waals surface area contributed by atoms with E-state index >= 15 is 0 Å². The maximum Gasteiger partial charge on any atom is 0.416 e. The van der Waals surface area contributed by atoms with Crippen LogP contribution in [0.1, 0.15) is 43.9 Å². The lowest BCUT2D eigenvalue weighted by atomic mass is 9.95. The van der Waals surface area contributed by atoms with Crippen LogP contribution < -0.4 is 0 Å². The molecule has 0 fully saturated rings. The van der Waals surface area contributed by atoms with Crippen LogP contribution in [0.5, 0.6) is 0 Å². The van der Waals surface area contributed by atoms with Crippen LogP contribution in [0, 0.1) is 5.92 Å². The molecule has 0 saturated heterocycles. The Labute approximate surface area is 113 Å². The average Bonchev–Trinajstić information content (AvgIpc) is 2.27. The second kappa shape index (κ2) is 6.06. The largest absolute Gasteiger partial charge is 0.416 e. The molecule has 0 heterocycles. The standard InChI is InChI=1S/C13H16BrF3O/c1-3-8(2)6-12(18)10-7-9(13(15,16)17)4-5-11(10)14/h4-5,7-8,12,18H,3,6H2,1-2H3. The van der Waals surface area contributed by atoms with Gasteiger partial charge in [-0.2, -0.15) is 13.2 Å². The Morgan fingerprint density at radius 3 is 2.44 bits per heavy atom. The van der Waals surface area contributed by atoms with Crippen molar-refractivity contribution in [2.24, 2.45) is 5.92 Å². The topological polar surface area (TPSA) is 20.2 Å². The monoisotopic (exact) mass is 324 g/mol. The highest BCUT2D eigenvalue weighted by atomic mass is 79.9. The molecule has 2 unspecified atom stereocenters. The molecule has 0 aliphatic carbocycles. The molecule has 0 aliphatic heterocycles. The van der Waals surface area contributed by atoms with Gasteiger partial charge >= 0.3 is 6.18 Å². The van der Waals surface area contributed by atoms with Crippen molar-refractivity contribution in [3.05, 3.63) is 33.8 Å². The lowest BCUT2D eigenvalue weighted by Gasteiger charge is -2.18. The zero-order valence-electron chi connectivity index (χ0n) is 10.3. The smallest absolute Gasteiger partial charge is 0.388 e. The lowest BCUT2D eigenvalue weighted by Crippen LogP contribution is -2.09. The van der Waals surface area contributed by atoms with Gasteiger partial charge in [0.25, 0.3) is 0 Å². The molecule has 0 spiro atoms. The molecule has 102 valence electrons. The summed E-state index contributed by atoms with van der Waals surface area (Å²) in [5.41, 5.74) is -0.436. The Hall–Kier alpha value is -0.550. The quantitative estimate of drug-likeness (QED) is 0.831. The third-order valence-electron chi connectivity index (χ3n) is 3.00. The van der Waals surface area contributed by atoms with E-state index in [1.807, 2.05) is 13.8 Å². The van der Waals surface area contributed by atoms with Gasteiger partial charge in [-0.25, -0.2) is 0 Å². The highest BCUT2D eigenvalue weighted by Gasteiger charge is 2.31. The molecule has 0 amide bonds. The third-order valence-corrected chi connectivity index (χ3v) is 3.73. The normalized spacial score (nSPS) is 15.5. The van der Waals surface area contributed by atoms with Gasteiger partial charge in [-0.1, -0.05) is 36.2 Å². The minimum absolute atomic E-state index is 0.265. The van der Waals surface area contributed by atoms with E-state index in [1.54, 1.807) is 0 Å². The van der Waals surface area contributed by atoms with E-state index in [2.05, 4.69) is 15.9 Å². The Morgan fingerprint density at radius 1 is 1.33 bits per heavy atom. The Kier molecular flexibility index (Phi) is 5.22. The van der Waals surface area contributed by atoms with Gasteiger partial charge in [0, 0.05) is 4.47 Å². The van der Waals surface area contributed by atoms with E-state index in [0.29, 0.717) is 16.5 Å². The lowest BCUT2D eigenvalue weighted by molar-refractivity contribution is -0.137. The molecule has 0 aromatic heterocycles. The van der Waals surface area contributed by atoms with Gasteiger partial charge in [0.15, 0.2) is 0 Å². The van der Waals surface area contributed by atoms with Gasteiger partial charge in [-0.3, -0.25) is 0 Å². The number of hydrogen-bond donors (Lipinski definition) is 1. The summed E-state index contributed by atoms with van der Waals surface area (Å²) in [5.74, 6) is 0.265. The van der Waals surface area contributed by atoms with Gasteiger partial charge in [0.1, 0.15) is 0 Å². The number of benzene rings is 1. The summed E-state index contributed by atoms with van der Waals surface area (Å²) in [7, 11) is 0. The molecule has 1 aromatic rings. The number of aliphatic hydroxyl groups excluding tert-OH is 1. The van der Waals surface area contributed by atoms with Crippen LogP contribution in [-0.2, 0) is 6.18 Å². The average molecular weight is 325 g/mol. The molecular formula is C13H16BrF3O. The first-order chi connectivity index (χ1) is 8.25. The van der Waals surface area contributed by atoms with Crippen molar-refractivity contribution in [3.63, 3.8) is 0 Å². The van der Waals surface area contributed by atoms with Gasteiger partial charge in [0.05, 0.1) is 11.7 Å². The predicted molar refractivity (Wildman–Crippen MR) is 68.2 cm³/mol. The van der Waals surface area contributed by atoms with E-state index in [0.717, 1.165) is 18.6 Å². The summed E-state index contributed by atoms with van der Waals surface area (Å²) in [4.78, 5) is 0. The van der Waals surface area contributed by atoms with Crippen LogP contribution in [0.25, 0.3) is 0 Å². The number of hydrogen-bond acceptors (Lipinski definition) is 1. The first kappa shape index (κ1) is 15.5. The molecule has 0 saturated carbocycles. The fraction of sp³-hybridized carbons (Fsp3) is 0.538. The number of alkyl halides is 3. The van der Waals surface area contributed by atoms with Crippen LogP contribution >= 0.6 is 15.9 Å². The summed E-state index contributed by atoms with van der Waals surface area (Å²) in [6.07, 6.45) is -3.92. The molecule has 1 N–H and O–H groups in total. The molecule has 0 radical (unpaired) electrons. The molecular weight excluding hydrogens is 309 g/mol. The van der Waals surface area contributed by atoms with Crippen LogP contribution in [0.2, 0.25) is 0 Å². The van der Waals surface area contributed by atoms with Gasteiger partial charge in [-0.05, 0) is 36.1 Å². The van der Waals surface area contributed by atoms with Crippen molar-refractivity contribution in [1.29, 1.82) is 0 Å². The van der Waals surface area contributed by atoms with Crippen molar-refractivity contribution in [1.82, 2.24) is 0 Å². The SMILES string of the molecule is CCC(C)CC(O)c1cc(C(F)(F)F)ccc1Br. The van der Waals surface area contributed by atoms with Crippen molar-refractivity contribution < 1.29 is 18.3 Å². The van der Waals surface area contributed by atoms with Crippen LogP contribution in [0.3, 0.4) is 0 Å². The van der Waals surface area contributed by atoms with Crippen LogP contribution in [0.4, 0.5) is 13.2 Å². The summed E-state index contributed by atoms with van der Waals surface area (Å²) < 4.78 is 38.3. The van der Waals surface area contributed by atoms with E-state index in [-0.39, 0.29) is 5.92 Å². The third kappa shape index (κ3) is 3.99. The van der Waals surface area contributed by atoms with E-state index in [1.165, 1.54) is 6.07 Å². The van der Waals surface area contributed by atoms with Crippen molar-refractivity contribution in [2.75, 3.05) is 0 Å².